The normalized spacial score (nSPS) is 13.4. The Balaban J connectivity index is 1.31. The van der Waals surface area contributed by atoms with Gasteiger partial charge in [-0.25, -0.2) is 0 Å². The van der Waals surface area contributed by atoms with Crippen LogP contribution in [0.5, 0.6) is 0 Å². The Labute approximate surface area is 188 Å². The maximum Gasteiger partial charge on any atom is 0.257 e. The van der Waals surface area contributed by atoms with Crippen molar-refractivity contribution in [2.45, 2.75) is 32.6 Å². The molecule has 4 rings (SSSR count). The summed E-state index contributed by atoms with van der Waals surface area (Å²) in [5.74, 6) is 1.08. The highest BCUT2D eigenvalue weighted by Gasteiger charge is 2.20. The summed E-state index contributed by atoms with van der Waals surface area (Å²) >= 11 is 0. The van der Waals surface area contributed by atoms with Gasteiger partial charge in [-0.1, -0.05) is 35.0 Å². The van der Waals surface area contributed by atoms with Crippen molar-refractivity contribution in [2.24, 2.45) is 0 Å². The topological polar surface area (TPSA) is 79.5 Å². The van der Waals surface area contributed by atoms with Crippen molar-refractivity contribution in [3.63, 3.8) is 0 Å². The van der Waals surface area contributed by atoms with E-state index >= 15 is 0 Å². The second-order valence-corrected chi connectivity index (χ2v) is 8.32. The summed E-state index contributed by atoms with van der Waals surface area (Å²) in [6, 6.07) is 15.3. The number of hydrogen-bond acceptors (Lipinski definition) is 5. The molecule has 166 valence electrons. The van der Waals surface area contributed by atoms with Crippen LogP contribution in [0.4, 0.5) is 0 Å². The predicted octanol–water partition coefficient (Wildman–Crippen LogP) is 3.52. The average Bonchev–Trinajstić information content (AvgIpc) is 3.51. The lowest BCUT2D eigenvalue weighted by Gasteiger charge is -2.16. The number of hydrogen-bond donors (Lipinski definition) is 0. The maximum atomic E-state index is 12.5. The summed E-state index contributed by atoms with van der Waals surface area (Å²) in [5.41, 5.74) is 3.62. The molecule has 7 heteroatoms. The van der Waals surface area contributed by atoms with Gasteiger partial charge in [-0.05, 0) is 49.6 Å². The van der Waals surface area contributed by atoms with Gasteiger partial charge in [0, 0.05) is 44.2 Å². The summed E-state index contributed by atoms with van der Waals surface area (Å²) in [6.07, 6.45) is 3.02. The lowest BCUT2D eigenvalue weighted by atomic mass is 10.1. The quantitative estimate of drug-likeness (QED) is 0.571. The van der Waals surface area contributed by atoms with Gasteiger partial charge in [0.15, 0.2) is 5.82 Å². The SMILES string of the molecule is Cc1ccc(CC(=O)N(C)CCc2noc(-c3ccc(C(=O)N4CCCC4)cc3)n2)cc1. The zero-order valence-corrected chi connectivity index (χ0v) is 18.6. The highest BCUT2D eigenvalue weighted by atomic mass is 16.5. The highest BCUT2D eigenvalue weighted by Crippen LogP contribution is 2.20. The molecule has 2 heterocycles. The van der Waals surface area contributed by atoms with Gasteiger partial charge in [0.1, 0.15) is 0 Å². The number of carbonyl (C=O) groups is 2. The highest BCUT2D eigenvalue weighted by molar-refractivity contribution is 5.94. The summed E-state index contributed by atoms with van der Waals surface area (Å²) in [4.78, 5) is 33.0. The van der Waals surface area contributed by atoms with E-state index in [0.717, 1.165) is 37.1 Å². The molecule has 0 atom stereocenters. The Morgan fingerprint density at radius 2 is 1.72 bits per heavy atom. The minimum Gasteiger partial charge on any atom is -0.345 e. The fraction of sp³-hybridized carbons (Fsp3) is 0.360. The van der Waals surface area contributed by atoms with Crippen LogP contribution in [0.15, 0.2) is 53.1 Å². The molecular weight excluding hydrogens is 404 g/mol. The number of likely N-dealkylation sites (tertiary alicyclic amines) is 1. The number of benzene rings is 2. The van der Waals surface area contributed by atoms with E-state index in [1.165, 1.54) is 5.56 Å². The van der Waals surface area contributed by atoms with Crippen molar-refractivity contribution >= 4 is 11.8 Å². The lowest BCUT2D eigenvalue weighted by molar-refractivity contribution is -0.129. The summed E-state index contributed by atoms with van der Waals surface area (Å²) in [6.45, 7) is 4.19. The first-order valence-corrected chi connectivity index (χ1v) is 11.0. The average molecular weight is 433 g/mol. The third kappa shape index (κ3) is 5.22. The molecule has 1 fully saturated rings. The molecule has 1 aliphatic rings. The van der Waals surface area contributed by atoms with Crippen molar-refractivity contribution in [3.8, 4) is 11.5 Å². The molecule has 0 bridgehead atoms. The van der Waals surface area contributed by atoms with Crippen LogP contribution in [0.1, 0.15) is 40.2 Å². The summed E-state index contributed by atoms with van der Waals surface area (Å²) < 4.78 is 5.39. The van der Waals surface area contributed by atoms with Gasteiger partial charge >= 0.3 is 0 Å². The van der Waals surface area contributed by atoms with Crippen molar-refractivity contribution in [1.82, 2.24) is 19.9 Å². The Bertz CT molecular complexity index is 1070. The Morgan fingerprint density at radius 1 is 1.03 bits per heavy atom. The standard InChI is InChI=1S/C25H28N4O3/c1-18-5-7-19(8-6-18)17-23(30)28(2)16-13-22-26-24(32-27-22)20-9-11-21(12-10-20)25(31)29-14-3-4-15-29/h5-12H,3-4,13-17H2,1-2H3. The van der Waals surface area contributed by atoms with Crippen molar-refractivity contribution in [2.75, 3.05) is 26.7 Å². The second-order valence-electron chi connectivity index (χ2n) is 8.32. The molecule has 7 nitrogen and oxygen atoms in total. The summed E-state index contributed by atoms with van der Waals surface area (Å²) in [7, 11) is 1.79. The largest absolute Gasteiger partial charge is 0.345 e. The molecule has 0 aliphatic carbocycles. The van der Waals surface area contributed by atoms with E-state index in [4.69, 9.17) is 4.52 Å². The third-order valence-corrected chi connectivity index (χ3v) is 5.81. The number of carbonyl (C=O) groups excluding carboxylic acids is 2. The molecule has 1 aromatic heterocycles. The van der Waals surface area contributed by atoms with E-state index < -0.39 is 0 Å². The first-order valence-electron chi connectivity index (χ1n) is 11.0. The molecule has 0 N–H and O–H groups in total. The maximum absolute atomic E-state index is 12.5. The van der Waals surface area contributed by atoms with E-state index in [0.29, 0.717) is 36.7 Å². The van der Waals surface area contributed by atoms with Crippen LogP contribution in [0.3, 0.4) is 0 Å². The number of likely N-dealkylation sites (N-methyl/N-ethyl adjacent to an activating group) is 1. The van der Waals surface area contributed by atoms with Gasteiger partial charge in [-0.2, -0.15) is 4.98 Å². The monoisotopic (exact) mass is 432 g/mol. The van der Waals surface area contributed by atoms with Crippen molar-refractivity contribution < 1.29 is 14.1 Å². The van der Waals surface area contributed by atoms with Crippen LogP contribution in [-0.4, -0.2) is 58.4 Å². The molecule has 0 spiro atoms. The van der Waals surface area contributed by atoms with Gasteiger partial charge < -0.3 is 14.3 Å². The van der Waals surface area contributed by atoms with Crippen molar-refractivity contribution in [1.29, 1.82) is 0 Å². The number of amides is 2. The molecule has 0 unspecified atom stereocenters. The Hall–Kier alpha value is -3.48. The fourth-order valence-electron chi connectivity index (χ4n) is 3.74. The molecule has 0 radical (unpaired) electrons. The minimum absolute atomic E-state index is 0.0517. The van der Waals surface area contributed by atoms with Crippen LogP contribution in [0, 0.1) is 6.92 Å². The molecular formula is C25H28N4O3. The van der Waals surface area contributed by atoms with Crippen LogP contribution < -0.4 is 0 Å². The zero-order chi connectivity index (χ0) is 22.5. The lowest BCUT2D eigenvalue weighted by Crippen LogP contribution is -2.30. The minimum atomic E-state index is 0.0517. The number of aryl methyl sites for hydroxylation is 1. The zero-order valence-electron chi connectivity index (χ0n) is 18.6. The molecule has 1 aliphatic heterocycles. The van der Waals surface area contributed by atoms with Crippen LogP contribution in [-0.2, 0) is 17.6 Å². The van der Waals surface area contributed by atoms with Gasteiger partial charge in [0.05, 0.1) is 6.42 Å². The number of aromatic nitrogens is 2. The molecule has 0 saturated carbocycles. The number of rotatable bonds is 7. The Morgan fingerprint density at radius 3 is 2.41 bits per heavy atom. The van der Waals surface area contributed by atoms with Crippen LogP contribution >= 0.6 is 0 Å². The third-order valence-electron chi connectivity index (χ3n) is 5.81. The molecule has 3 aromatic rings. The van der Waals surface area contributed by atoms with E-state index in [1.807, 2.05) is 48.2 Å². The van der Waals surface area contributed by atoms with Gasteiger partial charge in [-0.15, -0.1) is 0 Å². The predicted molar refractivity (Wildman–Crippen MR) is 121 cm³/mol. The second kappa shape index (κ2) is 9.77. The van der Waals surface area contributed by atoms with Gasteiger partial charge in [-0.3, -0.25) is 9.59 Å². The van der Waals surface area contributed by atoms with E-state index in [9.17, 15) is 9.59 Å². The van der Waals surface area contributed by atoms with Crippen LogP contribution in [0.25, 0.3) is 11.5 Å². The smallest absolute Gasteiger partial charge is 0.257 e. The molecule has 2 aromatic carbocycles. The molecule has 32 heavy (non-hydrogen) atoms. The molecule has 1 saturated heterocycles. The van der Waals surface area contributed by atoms with Crippen LogP contribution in [0.2, 0.25) is 0 Å². The first kappa shape index (κ1) is 21.7. The fourth-order valence-corrected chi connectivity index (χ4v) is 3.74. The molecule has 2 amide bonds. The van der Waals surface area contributed by atoms with Gasteiger partial charge in [0.2, 0.25) is 5.91 Å². The van der Waals surface area contributed by atoms with E-state index in [2.05, 4.69) is 10.1 Å². The van der Waals surface area contributed by atoms with Gasteiger partial charge in [0.25, 0.3) is 11.8 Å². The first-order chi connectivity index (χ1) is 15.5. The van der Waals surface area contributed by atoms with E-state index in [-0.39, 0.29) is 11.8 Å². The van der Waals surface area contributed by atoms with E-state index in [1.54, 1.807) is 24.1 Å². The Kier molecular flexibility index (Phi) is 6.63. The number of nitrogens with zero attached hydrogens (tertiary/aromatic N) is 4. The van der Waals surface area contributed by atoms with Crippen molar-refractivity contribution in [3.05, 3.63) is 71.0 Å². The summed E-state index contributed by atoms with van der Waals surface area (Å²) in [5, 5.41) is 4.04.